The lowest BCUT2D eigenvalue weighted by molar-refractivity contribution is 0.173. The molecule has 0 saturated carbocycles. The second-order valence-electron chi connectivity index (χ2n) is 1.17. The van der Waals surface area contributed by atoms with Crippen LogP contribution < -0.4 is 0 Å². The molecule has 1 radical (unpaired) electrons. The first kappa shape index (κ1) is 9.40. The molecule has 0 rings (SSSR count). The Hall–Kier alpha value is 1.40. The van der Waals surface area contributed by atoms with Crippen molar-refractivity contribution in [3.05, 3.63) is 6.92 Å². The Labute approximate surface area is 74.6 Å². The summed E-state index contributed by atoms with van der Waals surface area (Å²) in [6, 6.07) is 0. The fourth-order valence-corrected chi connectivity index (χ4v) is 0.674. The van der Waals surface area contributed by atoms with Gasteiger partial charge in [-0.15, -0.1) is 0 Å². The van der Waals surface area contributed by atoms with Gasteiger partial charge in [0, 0.05) is 6.61 Å². The highest BCUT2D eigenvalue weighted by Crippen LogP contribution is 2.33. The third-order valence-corrected chi connectivity index (χ3v) is 1.10. The van der Waals surface area contributed by atoms with Crippen molar-refractivity contribution in [1.82, 2.24) is 0 Å². The molecular formula is C4H6Br3O. The summed E-state index contributed by atoms with van der Waals surface area (Å²) >= 11 is 9.78. The normalized spacial score (nSPS) is 12.0. The van der Waals surface area contributed by atoms with E-state index in [4.69, 9.17) is 4.74 Å². The Kier molecular flexibility index (Phi) is 5.00. The quantitative estimate of drug-likeness (QED) is 0.713. The molecule has 0 aromatic rings. The monoisotopic (exact) mass is 307 g/mol. The van der Waals surface area contributed by atoms with Crippen LogP contribution in [-0.4, -0.2) is 15.4 Å². The molecule has 0 unspecified atom stereocenters. The van der Waals surface area contributed by atoms with Gasteiger partial charge in [-0.1, -0.05) is 47.8 Å². The molecule has 0 aliphatic carbocycles. The van der Waals surface area contributed by atoms with E-state index in [0.29, 0.717) is 13.2 Å². The summed E-state index contributed by atoms with van der Waals surface area (Å²) in [6.07, 6.45) is 0. The van der Waals surface area contributed by atoms with Gasteiger partial charge in [0.1, 0.15) is 0 Å². The number of halogens is 3. The van der Waals surface area contributed by atoms with Gasteiger partial charge in [0.2, 0.25) is 0 Å². The Morgan fingerprint density at radius 1 is 1.38 bits per heavy atom. The van der Waals surface area contributed by atoms with Gasteiger partial charge in [0.25, 0.3) is 0 Å². The van der Waals surface area contributed by atoms with Crippen LogP contribution in [0.1, 0.15) is 0 Å². The standard InChI is InChI=1S/C4H6Br3O/c1-2-8-3-4(5,6)7/h1-3H2. The molecule has 0 aromatic carbocycles. The molecular weight excluding hydrogens is 304 g/mol. The molecule has 0 aromatic heterocycles. The van der Waals surface area contributed by atoms with Crippen molar-refractivity contribution in [2.75, 3.05) is 13.2 Å². The van der Waals surface area contributed by atoms with Crippen molar-refractivity contribution in [2.45, 2.75) is 2.14 Å². The molecule has 0 bridgehead atoms. The number of rotatable bonds is 2. The minimum atomic E-state index is -0.273. The second-order valence-corrected chi connectivity index (χ2v) is 8.42. The van der Waals surface area contributed by atoms with E-state index in [2.05, 4.69) is 54.7 Å². The van der Waals surface area contributed by atoms with Crippen LogP contribution in [0.4, 0.5) is 0 Å². The topological polar surface area (TPSA) is 9.23 Å². The van der Waals surface area contributed by atoms with Crippen molar-refractivity contribution in [3.63, 3.8) is 0 Å². The van der Waals surface area contributed by atoms with Crippen molar-refractivity contribution < 1.29 is 4.74 Å². The van der Waals surface area contributed by atoms with E-state index >= 15 is 0 Å². The van der Waals surface area contributed by atoms with Gasteiger partial charge in [-0.25, -0.2) is 0 Å². The third-order valence-electron chi connectivity index (χ3n) is 0.410. The minimum absolute atomic E-state index is 0.273. The van der Waals surface area contributed by atoms with Crippen LogP contribution in [0, 0.1) is 6.92 Å². The summed E-state index contributed by atoms with van der Waals surface area (Å²) in [5.41, 5.74) is 0. The molecule has 0 spiro atoms. The molecule has 0 saturated heterocycles. The predicted molar refractivity (Wildman–Crippen MR) is 45.7 cm³/mol. The molecule has 0 fully saturated rings. The van der Waals surface area contributed by atoms with Crippen molar-refractivity contribution in [2.24, 2.45) is 0 Å². The highest BCUT2D eigenvalue weighted by atomic mass is 80.0. The lowest BCUT2D eigenvalue weighted by Gasteiger charge is -2.09. The van der Waals surface area contributed by atoms with Crippen LogP contribution in [0.25, 0.3) is 0 Å². The molecule has 0 amide bonds. The molecule has 0 aliphatic heterocycles. The SMILES string of the molecule is [CH2]COCC(Br)(Br)Br. The summed E-state index contributed by atoms with van der Waals surface area (Å²) in [4.78, 5) is 0. The molecule has 8 heavy (non-hydrogen) atoms. The molecule has 49 valence electrons. The largest absolute Gasteiger partial charge is 0.378 e. The first-order valence-electron chi connectivity index (χ1n) is 2.00. The Morgan fingerprint density at radius 2 is 1.88 bits per heavy atom. The smallest absolute Gasteiger partial charge is 0.158 e. The zero-order valence-corrected chi connectivity index (χ0v) is 8.92. The summed E-state index contributed by atoms with van der Waals surface area (Å²) in [7, 11) is 0. The van der Waals surface area contributed by atoms with Gasteiger partial charge < -0.3 is 4.74 Å². The van der Waals surface area contributed by atoms with Gasteiger partial charge in [-0.3, -0.25) is 0 Å². The maximum Gasteiger partial charge on any atom is 0.158 e. The Bertz CT molecular complexity index is 58.8. The number of hydrogen-bond donors (Lipinski definition) is 0. The van der Waals surface area contributed by atoms with E-state index in [1.165, 1.54) is 0 Å². The fraction of sp³-hybridized carbons (Fsp3) is 0.750. The Morgan fingerprint density at radius 3 is 2.00 bits per heavy atom. The van der Waals surface area contributed by atoms with Crippen molar-refractivity contribution in [3.8, 4) is 0 Å². The summed E-state index contributed by atoms with van der Waals surface area (Å²) in [6.45, 7) is 4.55. The lowest BCUT2D eigenvalue weighted by Crippen LogP contribution is -2.10. The number of alkyl halides is 3. The predicted octanol–water partition coefficient (Wildman–Crippen LogP) is 2.68. The first-order valence-corrected chi connectivity index (χ1v) is 4.38. The summed E-state index contributed by atoms with van der Waals surface area (Å²) in [5.74, 6) is 0. The van der Waals surface area contributed by atoms with Crippen molar-refractivity contribution in [1.29, 1.82) is 0 Å². The number of ether oxygens (including phenoxy) is 1. The molecule has 0 atom stereocenters. The van der Waals surface area contributed by atoms with Gasteiger partial charge in [0.15, 0.2) is 2.14 Å². The van der Waals surface area contributed by atoms with E-state index in [-0.39, 0.29) is 2.14 Å². The van der Waals surface area contributed by atoms with Crippen LogP contribution in [0.15, 0.2) is 0 Å². The maximum atomic E-state index is 4.95. The molecule has 4 heteroatoms. The molecule has 0 heterocycles. The van der Waals surface area contributed by atoms with E-state index in [1.54, 1.807) is 0 Å². The maximum absolute atomic E-state index is 4.95. The summed E-state index contributed by atoms with van der Waals surface area (Å²) < 4.78 is 4.67. The zero-order valence-electron chi connectivity index (χ0n) is 4.16. The summed E-state index contributed by atoms with van der Waals surface area (Å²) in [5, 5.41) is 0. The average Bonchev–Trinajstić information content (AvgIpc) is 1.59. The van der Waals surface area contributed by atoms with Crippen LogP contribution in [0.2, 0.25) is 0 Å². The van der Waals surface area contributed by atoms with Crippen LogP contribution in [-0.2, 0) is 4.74 Å². The number of hydrogen-bond acceptors (Lipinski definition) is 1. The molecule has 0 aliphatic rings. The van der Waals surface area contributed by atoms with E-state index in [9.17, 15) is 0 Å². The zero-order chi connectivity index (χ0) is 6.62. The third kappa shape index (κ3) is 7.40. The molecule has 0 N–H and O–H groups in total. The van der Waals surface area contributed by atoms with E-state index in [0.717, 1.165) is 0 Å². The first-order chi connectivity index (χ1) is 3.56. The highest BCUT2D eigenvalue weighted by molar-refractivity contribution is 9.39. The van der Waals surface area contributed by atoms with E-state index in [1.807, 2.05) is 0 Å². The van der Waals surface area contributed by atoms with E-state index < -0.39 is 0 Å². The van der Waals surface area contributed by atoms with Crippen LogP contribution in [0.3, 0.4) is 0 Å². The van der Waals surface area contributed by atoms with Gasteiger partial charge in [-0.2, -0.15) is 0 Å². The minimum Gasteiger partial charge on any atom is -0.378 e. The molecule has 1 nitrogen and oxygen atoms in total. The van der Waals surface area contributed by atoms with Crippen LogP contribution in [0.5, 0.6) is 0 Å². The lowest BCUT2D eigenvalue weighted by atomic mass is 10.8. The van der Waals surface area contributed by atoms with Gasteiger partial charge in [-0.05, 0) is 6.92 Å². The second kappa shape index (κ2) is 4.25. The fourth-order valence-electron chi connectivity index (χ4n) is 0.188. The van der Waals surface area contributed by atoms with Gasteiger partial charge >= 0.3 is 0 Å². The highest BCUT2D eigenvalue weighted by Gasteiger charge is 2.16. The van der Waals surface area contributed by atoms with Crippen molar-refractivity contribution >= 4 is 47.8 Å². The van der Waals surface area contributed by atoms with Crippen LogP contribution >= 0.6 is 47.8 Å². The average molecular weight is 310 g/mol. The van der Waals surface area contributed by atoms with Gasteiger partial charge in [0.05, 0.1) is 6.61 Å². The Balaban J connectivity index is 3.11.